The van der Waals surface area contributed by atoms with Crippen LogP contribution < -0.4 is 10.5 Å². The third-order valence-corrected chi connectivity index (χ3v) is 7.38. The summed E-state index contributed by atoms with van der Waals surface area (Å²) in [6, 6.07) is 9.78. The van der Waals surface area contributed by atoms with Gasteiger partial charge in [0.15, 0.2) is 5.82 Å². The summed E-state index contributed by atoms with van der Waals surface area (Å²) in [6.45, 7) is 2.13. The molecule has 1 saturated carbocycles. The number of nitrogens with two attached hydrogens (primary N) is 1. The first kappa shape index (κ1) is 22.6. The monoisotopic (exact) mass is 483 g/mol. The van der Waals surface area contributed by atoms with Crippen molar-refractivity contribution >= 4 is 28.0 Å². The van der Waals surface area contributed by atoms with Gasteiger partial charge in [-0.3, -0.25) is 4.79 Å². The van der Waals surface area contributed by atoms with Gasteiger partial charge in [-0.15, -0.1) is 0 Å². The summed E-state index contributed by atoms with van der Waals surface area (Å²) in [5, 5.41) is 10.3. The highest BCUT2D eigenvalue weighted by molar-refractivity contribution is 6.00. The molecule has 184 valence electrons. The summed E-state index contributed by atoms with van der Waals surface area (Å²) in [6.07, 6.45) is 5.88. The third-order valence-electron chi connectivity index (χ3n) is 7.38. The minimum Gasteiger partial charge on any atom is -0.494 e. The molecule has 2 aliphatic rings. The molecule has 6 rings (SSSR count). The topological polar surface area (TPSA) is 115 Å². The third kappa shape index (κ3) is 3.78. The molecule has 2 fully saturated rings. The molecule has 1 aliphatic heterocycles. The number of carbonyl (C=O) groups is 1. The molecular weight excluding hydrogens is 454 g/mol. The fourth-order valence-corrected chi connectivity index (χ4v) is 5.33. The van der Waals surface area contributed by atoms with Gasteiger partial charge in [0.2, 0.25) is 0 Å². The molecule has 0 radical (unpaired) electrons. The standard InChI is InChI=1S/C27H29N7O2/c1-32-24-21(9-19(11-23(24)36-2)27(35)33-7-3-4-20(29)15-33)31-26(32)22-10-18-8-17(12-28)13-30-25(18)34(22)14-16-5-6-16/h8-11,13,16,20H,3-7,14-15,29H2,1-2H3/t20-/m1/s1. The average molecular weight is 484 g/mol. The minimum atomic E-state index is -0.0476. The number of carbonyl (C=O) groups excluding carboxylic acids is 1. The van der Waals surface area contributed by atoms with E-state index in [1.54, 1.807) is 19.4 Å². The van der Waals surface area contributed by atoms with Crippen molar-refractivity contribution in [2.45, 2.75) is 38.3 Å². The smallest absolute Gasteiger partial charge is 0.254 e. The Bertz CT molecular complexity index is 1540. The molecule has 4 aromatic rings. The molecule has 1 aromatic carbocycles. The molecule has 0 bridgehead atoms. The van der Waals surface area contributed by atoms with Gasteiger partial charge in [-0.25, -0.2) is 9.97 Å². The number of rotatable bonds is 5. The maximum absolute atomic E-state index is 13.3. The summed E-state index contributed by atoms with van der Waals surface area (Å²) < 4.78 is 9.97. The fourth-order valence-electron chi connectivity index (χ4n) is 5.33. The van der Waals surface area contributed by atoms with Crippen LogP contribution in [0.15, 0.2) is 30.5 Å². The zero-order valence-electron chi connectivity index (χ0n) is 20.6. The quantitative estimate of drug-likeness (QED) is 0.465. The van der Waals surface area contributed by atoms with Crippen molar-refractivity contribution in [3.05, 3.63) is 41.6 Å². The van der Waals surface area contributed by atoms with Crippen LogP contribution in [0.3, 0.4) is 0 Å². The van der Waals surface area contributed by atoms with Gasteiger partial charge in [-0.05, 0) is 55.9 Å². The van der Waals surface area contributed by atoms with E-state index in [-0.39, 0.29) is 11.9 Å². The molecule has 1 saturated heterocycles. The Morgan fingerprint density at radius 2 is 2.08 bits per heavy atom. The van der Waals surface area contributed by atoms with Crippen LogP contribution in [0.2, 0.25) is 0 Å². The number of methoxy groups -OCH3 is 1. The van der Waals surface area contributed by atoms with Gasteiger partial charge >= 0.3 is 0 Å². The summed E-state index contributed by atoms with van der Waals surface area (Å²) >= 11 is 0. The Labute approximate surface area is 209 Å². The van der Waals surface area contributed by atoms with Crippen molar-refractivity contribution in [2.75, 3.05) is 20.2 Å². The number of likely N-dealkylation sites (tertiary alicyclic amines) is 1. The number of amides is 1. The largest absolute Gasteiger partial charge is 0.494 e. The number of hydrogen-bond donors (Lipinski definition) is 1. The van der Waals surface area contributed by atoms with Crippen LogP contribution in [0.25, 0.3) is 33.6 Å². The number of nitrogens with zero attached hydrogens (tertiary/aromatic N) is 6. The molecule has 36 heavy (non-hydrogen) atoms. The summed E-state index contributed by atoms with van der Waals surface area (Å²) in [5.41, 5.74) is 10.5. The van der Waals surface area contributed by atoms with E-state index < -0.39 is 0 Å². The van der Waals surface area contributed by atoms with Crippen molar-refractivity contribution < 1.29 is 9.53 Å². The Balaban J connectivity index is 1.48. The highest BCUT2D eigenvalue weighted by atomic mass is 16.5. The van der Waals surface area contributed by atoms with Gasteiger partial charge in [0.25, 0.3) is 5.91 Å². The average Bonchev–Trinajstić information content (AvgIpc) is 3.56. The fraction of sp³-hybridized carbons (Fsp3) is 0.407. The van der Waals surface area contributed by atoms with Gasteiger partial charge in [0.05, 0.1) is 23.9 Å². The van der Waals surface area contributed by atoms with Crippen LogP contribution in [0.4, 0.5) is 0 Å². The summed E-state index contributed by atoms with van der Waals surface area (Å²) in [7, 11) is 3.58. The number of aryl methyl sites for hydroxylation is 1. The normalized spacial score (nSPS) is 18.1. The highest BCUT2D eigenvalue weighted by Crippen LogP contribution is 2.37. The van der Waals surface area contributed by atoms with Crippen molar-refractivity contribution in [3.8, 4) is 23.3 Å². The zero-order chi connectivity index (χ0) is 25.0. The molecule has 9 nitrogen and oxygen atoms in total. The Hall–Kier alpha value is -3.90. The molecule has 2 N–H and O–H groups in total. The van der Waals surface area contributed by atoms with Crippen LogP contribution in [-0.2, 0) is 13.6 Å². The second-order valence-electron chi connectivity index (χ2n) is 10.0. The van der Waals surface area contributed by atoms with Crippen molar-refractivity contribution in [2.24, 2.45) is 18.7 Å². The van der Waals surface area contributed by atoms with E-state index in [0.717, 1.165) is 47.5 Å². The predicted octanol–water partition coefficient (Wildman–Crippen LogP) is 3.44. The minimum absolute atomic E-state index is 0.0123. The van der Waals surface area contributed by atoms with Gasteiger partial charge in [-0.2, -0.15) is 5.26 Å². The Morgan fingerprint density at radius 3 is 2.81 bits per heavy atom. The lowest BCUT2D eigenvalue weighted by Gasteiger charge is -2.30. The number of imidazole rings is 1. The molecule has 1 aliphatic carbocycles. The molecule has 0 unspecified atom stereocenters. The maximum atomic E-state index is 13.3. The number of piperidine rings is 1. The maximum Gasteiger partial charge on any atom is 0.254 e. The number of hydrogen-bond acceptors (Lipinski definition) is 6. The molecular formula is C27H29N7O2. The van der Waals surface area contributed by atoms with E-state index in [2.05, 4.69) is 21.7 Å². The number of ether oxygens (including phenoxy) is 1. The second kappa shape index (κ2) is 8.64. The number of aromatic nitrogens is 4. The van der Waals surface area contributed by atoms with E-state index in [1.807, 2.05) is 28.6 Å². The lowest BCUT2D eigenvalue weighted by molar-refractivity contribution is 0.0708. The molecule has 9 heteroatoms. The van der Waals surface area contributed by atoms with Crippen LogP contribution in [-0.4, -0.2) is 56.2 Å². The van der Waals surface area contributed by atoms with E-state index in [4.69, 9.17) is 15.5 Å². The molecule has 4 heterocycles. The molecule has 0 spiro atoms. The van der Waals surface area contributed by atoms with Crippen LogP contribution >= 0.6 is 0 Å². The second-order valence-corrected chi connectivity index (χ2v) is 10.0. The number of fused-ring (bicyclic) bond motifs is 2. The van der Waals surface area contributed by atoms with Gasteiger partial charge in [-0.1, -0.05) is 0 Å². The Kier molecular flexibility index (Phi) is 5.41. The molecule has 1 amide bonds. The number of nitriles is 1. The molecule has 3 aromatic heterocycles. The van der Waals surface area contributed by atoms with E-state index in [1.165, 1.54) is 12.8 Å². The van der Waals surface area contributed by atoms with E-state index >= 15 is 0 Å². The van der Waals surface area contributed by atoms with Crippen LogP contribution in [0.5, 0.6) is 5.75 Å². The van der Waals surface area contributed by atoms with Crippen molar-refractivity contribution in [1.82, 2.24) is 24.0 Å². The Morgan fingerprint density at radius 1 is 1.25 bits per heavy atom. The van der Waals surface area contributed by atoms with E-state index in [0.29, 0.717) is 41.4 Å². The van der Waals surface area contributed by atoms with Gasteiger partial charge in [0.1, 0.15) is 23.0 Å². The predicted molar refractivity (Wildman–Crippen MR) is 137 cm³/mol. The van der Waals surface area contributed by atoms with Crippen molar-refractivity contribution in [1.29, 1.82) is 5.26 Å². The van der Waals surface area contributed by atoms with Crippen LogP contribution in [0.1, 0.15) is 41.6 Å². The zero-order valence-corrected chi connectivity index (χ0v) is 20.6. The van der Waals surface area contributed by atoms with Crippen LogP contribution in [0, 0.1) is 17.2 Å². The van der Waals surface area contributed by atoms with Gasteiger partial charge in [0, 0.05) is 49.9 Å². The first-order chi connectivity index (χ1) is 17.5. The van der Waals surface area contributed by atoms with E-state index in [9.17, 15) is 10.1 Å². The lowest BCUT2D eigenvalue weighted by atomic mass is 10.0. The summed E-state index contributed by atoms with van der Waals surface area (Å²) in [5.74, 6) is 1.95. The SMILES string of the molecule is COc1cc(C(=O)N2CCC[C@@H](N)C2)cc2nc(-c3cc4cc(C#N)cnc4n3CC3CC3)n(C)c12. The highest BCUT2D eigenvalue weighted by Gasteiger charge is 2.28. The number of benzene rings is 1. The first-order valence-corrected chi connectivity index (χ1v) is 12.5. The first-order valence-electron chi connectivity index (χ1n) is 12.5. The summed E-state index contributed by atoms with van der Waals surface area (Å²) in [4.78, 5) is 24.7. The molecule has 1 atom stereocenters. The lowest BCUT2D eigenvalue weighted by Crippen LogP contribution is -2.45. The van der Waals surface area contributed by atoms with Gasteiger partial charge < -0.3 is 24.5 Å². The van der Waals surface area contributed by atoms with Crippen molar-refractivity contribution in [3.63, 3.8) is 0 Å². The number of pyridine rings is 1.